The summed E-state index contributed by atoms with van der Waals surface area (Å²) in [5.74, 6) is -1.68. The van der Waals surface area contributed by atoms with Gasteiger partial charge in [0, 0.05) is 30.0 Å². The number of unbranched alkanes of at least 4 members (excludes halogenated alkanes) is 3. The van der Waals surface area contributed by atoms with Crippen molar-refractivity contribution in [2.75, 3.05) is 26.3 Å². The van der Waals surface area contributed by atoms with E-state index < -0.39 is 32.9 Å². The molecule has 0 aliphatic carbocycles. The Hall–Kier alpha value is -1.80. The highest BCUT2D eigenvalue weighted by molar-refractivity contribution is 8.02. The smallest absolute Gasteiger partial charge is 0.311 e. The van der Waals surface area contributed by atoms with Crippen molar-refractivity contribution in [2.24, 2.45) is 11.8 Å². The van der Waals surface area contributed by atoms with E-state index in [2.05, 4.69) is 13.2 Å². The van der Waals surface area contributed by atoms with Crippen LogP contribution in [0, 0.1) is 11.8 Å². The zero-order valence-corrected chi connectivity index (χ0v) is 22.6. The molecule has 35 heavy (non-hydrogen) atoms. The molecule has 0 aromatic carbocycles. The molecule has 0 aromatic heterocycles. The summed E-state index contributed by atoms with van der Waals surface area (Å²) in [7, 11) is 0. The fourth-order valence-corrected chi connectivity index (χ4v) is 8.59. The first kappa shape index (κ1) is 27.8. The Kier molecular flexibility index (Phi) is 8.47. The molecule has 3 aliphatic heterocycles. The van der Waals surface area contributed by atoms with E-state index in [1.165, 1.54) is 6.08 Å². The summed E-state index contributed by atoms with van der Waals surface area (Å²) >= 11 is 1.66. The van der Waals surface area contributed by atoms with Gasteiger partial charge < -0.3 is 19.6 Å². The predicted molar refractivity (Wildman–Crippen MR) is 139 cm³/mol. The molecular formula is C27H42N2O5S. The Morgan fingerprint density at radius 3 is 2.49 bits per heavy atom. The first-order valence-corrected chi connectivity index (χ1v) is 13.6. The third-order valence-electron chi connectivity index (χ3n) is 7.80. The van der Waals surface area contributed by atoms with Crippen LogP contribution in [0.1, 0.15) is 66.2 Å². The molecule has 3 aliphatic rings. The lowest BCUT2D eigenvalue weighted by atomic mass is 9.66. The van der Waals surface area contributed by atoms with Crippen LogP contribution in [0.25, 0.3) is 0 Å². The maximum Gasteiger partial charge on any atom is 0.311 e. The lowest BCUT2D eigenvalue weighted by Crippen LogP contribution is -2.58. The number of hydrogen-bond donors (Lipinski definition) is 1. The molecule has 3 rings (SSSR count). The summed E-state index contributed by atoms with van der Waals surface area (Å²) in [6, 6.07) is -0.624. The maximum atomic E-state index is 14.3. The first-order valence-electron chi connectivity index (χ1n) is 12.8. The minimum Gasteiger partial charge on any atom is -0.461 e. The summed E-state index contributed by atoms with van der Waals surface area (Å²) in [4.78, 5) is 45.1. The molecule has 0 radical (unpaired) electrons. The normalized spacial score (nSPS) is 31.4. The number of rotatable bonds is 12. The number of aliphatic hydroxyl groups excluding tert-OH is 1. The van der Waals surface area contributed by atoms with Gasteiger partial charge in [-0.05, 0) is 53.4 Å². The Morgan fingerprint density at radius 2 is 1.89 bits per heavy atom. The van der Waals surface area contributed by atoms with E-state index in [0.717, 1.165) is 38.5 Å². The largest absolute Gasteiger partial charge is 0.461 e. The van der Waals surface area contributed by atoms with Crippen molar-refractivity contribution in [3.8, 4) is 0 Å². The molecule has 0 saturated carbocycles. The van der Waals surface area contributed by atoms with E-state index in [1.807, 2.05) is 32.6 Å². The Bertz CT molecular complexity index is 855. The minimum absolute atomic E-state index is 0.0690. The van der Waals surface area contributed by atoms with Crippen LogP contribution in [-0.4, -0.2) is 80.1 Å². The molecule has 2 bridgehead atoms. The van der Waals surface area contributed by atoms with E-state index in [4.69, 9.17) is 9.84 Å². The zero-order chi connectivity index (χ0) is 26.0. The van der Waals surface area contributed by atoms with Crippen LogP contribution in [0.15, 0.2) is 25.3 Å². The number of amides is 2. The number of nitrogens with zero attached hydrogens (tertiary/aromatic N) is 2. The standard InChI is InChI=1S/C27H42N2O5S/c1-7-15-29(25(3,4)5)23(32)21-27-14-13-26(6,35-27)20(24(33)34-18-8-2)19(27)22(31)28(21)16-11-9-10-12-17-30/h7-8,19-21,30H,1-2,9-18H2,3-6H3/t19-,20+,21?,26-,27?/m0/s1. The number of likely N-dealkylation sites (tertiary alicyclic amines) is 1. The highest BCUT2D eigenvalue weighted by atomic mass is 32.2. The zero-order valence-electron chi connectivity index (χ0n) is 21.8. The van der Waals surface area contributed by atoms with Gasteiger partial charge in [-0.15, -0.1) is 18.3 Å². The maximum absolute atomic E-state index is 14.3. The lowest BCUT2D eigenvalue weighted by Gasteiger charge is -2.42. The Morgan fingerprint density at radius 1 is 1.20 bits per heavy atom. The predicted octanol–water partition coefficient (Wildman–Crippen LogP) is 3.56. The van der Waals surface area contributed by atoms with Crippen molar-refractivity contribution in [3.05, 3.63) is 25.3 Å². The van der Waals surface area contributed by atoms with Gasteiger partial charge in [0.25, 0.3) is 0 Å². The second kappa shape index (κ2) is 10.7. The summed E-state index contributed by atoms with van der Waals surface area (Å²) in [5, 5.41) is 9.09. The van der Waals surface area contributed by atoms with E-state index in [-0.39, 0.29) is 31.0 Å². The molecule has 3 heterocycles. The summed E-state index contributed by atoms with van der Waals surface area (Å²) in [5.41, 5.74) is -0.441. The van der Waals surface area contributed by atoms with Crippen molar-refractivity contribution < 1.29 is 24.2 Å². The molecule has 1 N–H and O–H groups in total. The molecule has 5 atom stereocenters. The van der Waals surface area contributed by atoms with Gasteiger partial charge in [0.15, 0.2) is 0 Å². The number of fused-ring (bicyclic) bond motifs is 1. The summed E-state index contributed by atoms with van der Waals surface area (Å²) in [6.07, 6.45) is 7.97. The minimum atomic E-state index is -0.642. The van der Waals surface area contributed by atoms with Gasteiger partial charge in [-0.2, -0.15) is 0 Å². The molecule has 0 aromatic rings. The molecule has 2 unspecified atom stereocenters. The van der Waals surface area contributed by atoms with E-state index in [0.29, 0.717) is 13.1 Å². The Balaban J connectivity index is 2.00. The van der Waals surface area contributed by atoms with E-state index in [1.54, 1.807) is 22.7 Å². The number of hydrogen-bond acceptors (Lipinski definition) is 6. The molecule has 3 saturated heterocycles. The SMILES string of the molecule is C=CCOC(=O)[C@H]1[C@H]2C(=O)N(CCCCCCO)C(C(=O)N(CC=C)C(C)(C)C)C23CC[C@]1(C)S3. The van der Waals surface area contributed by atoms with Gasteiger partial charge in [-0.25, -0.2) is 0 Å². The van der Waals surface area contributed by atoms with Crippen LogP contribution in [-0.2, 0) is 19.1 Å². The summed E-state index contributed by atoms with van der Waals surface area (Å²) in [6.45, 7) is 16.6. The van der Waals surface area contributed by atoms with Crippen molar-refractivity contribution in [2.45, 2.75) is 87.3 Å². The average Bonchev–Trinajstić information content (AvgIpc) is 3.35. The first-order chi connectivity index (χ1) is 16.5. The third-order valence-corrected chi connectivity index (χ3v) is 9.79. The highest BCUT2D eigenvalue weighted by Crippen LogP contribution is 2.71. The quantitative estimate of drug-likeness (QED) is 0.247. The Labute approximate surface area is 214 Å². The van der Waals surface area contributed by atoms with E-state index >= 15 is 0 Å². The van der Waals surface area contributed by atoms with E-state index in [9.17, 15) is 14.4 Å². The van der Waals surface area contributed by atoms with Crippen molar-refractivity contribution in [1.82, 2.24) is 9.80 Å². The second-order valence-electron chi connectivity index (χ2n) is 11.2. The van der Waals surface area contributed by atoms with Crippen LogP contribution in [0.5, 0.6) is 0 Å². The number of ether oxygens (including phenoxy) is 1. The molecule has 8 heteroatoms. The van der Waals surface area contributed by atoms with Crippen LogP contribution in [0.3, 0.4) is 0 Å². The molecule has 3 fully saturated rings. The van der Waals surface area contributed by atoms with Crippen LogP contribution >= 0.6 is 11.8 Å². The molecular weight excluding hydrogens is 464 g/mol. The van der Waals surface area contributed by atoms with Gasteiger partial charge in [0.05, 0.1) is 16.6 Å². The van der Waals surface area contributed by atoms with Gasteiger partial charge >= 0.3 is 5.97 Å². The molecule has 2 amide bonds. The third kappa shape index (κ3) is 4.93. The lowest BCUT2D eigenvalue weighted by molar-refractivity contribution is -0.154. The topological polar surface area (TPSA) is 87.1 Å². The number of thioether (sulfide) groups is 1. The van der Waals surface area contributed by atoms with Crippen LogP contribution < -0.4 is 0 Å². The van der Waals surface area contributed by atoms with Crippen LogP contribution in [0.2, 0.25) is 0 Å². The number of esters is 1. The number of aliphatic hydroxyl groups is 1. The van der Waals surface area contributed by atoms with Gasteiger partial charge in [-0.1, -0.05) is 31.6 Å². The van der Waals surface area contributed by atoms with Crippen molar-refractivity contribution in [3.63, 3.8) is 0 Å². The van der Waals surface area contributed by atoms with Gasteiger partial charge in [0.2, 0.25) is 11.8 Å². The number of carbonyl (C=O) groups excluding carboxylic acids is 3. The monoisotopic (exact) mass is 506 g/mol. The average molecular weight is 507 g/mol. The number of carbonyl (C=O) groups is 3. The molecule has 1 spiro atoms. The van der Waals surface area contributed by atoms with Gasteiger partial charge in [-0.3, -0.25) is 14.4 Å². The summed E-state index contributed by atoms with van der Waals surface area (Å²) < 4.78 is 4.39. The fourth-order valence-electron chi connectivity index (χ4n) is 6.25. The molecule has 7 nitrogen and oxygen atoms in total. The van der Waals surface area contributed by atoms with Crippen molar-refractivity contribution >= 4 is 29.5 Å². The highest BCUT2D eigenvalue weighted by Gasteiger charge is 2.77. The van der Waals surface area contributed by atoms with Crippen molar-refractivity contribution in [1.29, 1.82) is 0 Å². The second-order valence-corrected chi connectivity index (χ2v) is 13.1. The fraction of sp³-hybridized carbons (Fsp3) is 0.741. The van der Waals surface area contributed by atoms with Crippen LogP contribution in [0.4, 0.5) is 0 Å². The van der Waals surface area contributed by atoms with Gasteiger partial charge in [0.1, 0.15) is 12.6 Å². The molecule has 196 valence electrons.